The van der Waals surface area contributed by atoms with Crippen LogP contribution in [-0.2, 0) is 10.0 Å². The highest BCUT2D eigenvalue weighted by Gasteiger charge is 2.20. The number of ether oxygens (including phenoxy) is 1. The molecule has 30 heavy (non-hydrogen) atoms. The van der Waals surface area contributed by atoms with Gasteiger partial charge in [-0.3, -0.25) is 9.52 Å². The predicted octanol–water partition coefficient (Wildman–Crippen LogP) is 4.17. The molecule has 3 aromatic rings. The van der Waals surface area contributed by atoms with E-state index in [0.29, 0.717) is 6.07 Å². The lowest BCUT2D eigenvalue weighted by Crippen LogP contribution is -2.17. The maximum absolute atomic E-state index is 13.8. The van der Waals surface area contributed by atoms with Crippen molar-refractivity contribution in [2.75, 3.05) is 17.1 Å². The van der Waals surface area contributed by atoms with Gasteiger partial charge in [0.15, 0.2) is 0 Å². The normalized spacial score (nSPS) is 11.1. The molecule has 0 aromatic heterocycles. The van der Waals surface area contributed by atoms with Crippen LogP contribution < -0.4 is 14.8 Å². The van der Waals surface area contributed by atoms with Crippen LogP contribution in [0.3, 0.4) is 0 Å². The van der Waals surface area contributed by atoms with Crippen molar-refractivity contribution >= 4 is 27.3 Å². The highest BCUT2D eigenvalue weighted by Crippen LogP contribution is 2.29. The van der Waals surface area contributed by atoms with Crippen LogP contribution in [0.2, 0.25) is 0 Å². The molecular weight excluding hydrogens is 421 g/mol. The van der Waals surface area contributed by atoms with E-state index in [4.69, 9.17) is 4.74 Å². The van der Waals surface area contributed by atoms with Gasteiger partial charge >= 0.3 is 0 Å². The van der Waals surface area contributed by atoms with E-state index >= 15 is 0 Å². The fourth-order valence-corrected chi connectivity index (χ4v) is 3.66. The van der Waals surface area contributed by atoms with Crippen LogP contribution in [0.1, 0.15) is 10.4 Å². The smallest absolute Gasteiger partial charge is 0.262 e. The van der Waals surface area contributed by atoms with Crippen molar-refractivity contribution in [3.63, 3.8) is 0 Å². The molecule has 0 atom stereocenters. The molecule has 3 rings (SSSR count). The van der Waals surface area contributed by atoms with Gasteiger partial charge in [0.25, 0.3) is 15.9 Å². The lowest BCUT2D eigenvalue weighted by molar-refractivity contribution is 0.102. The minimum Gasteiger partial charge on any atom is -0.495 e. The van der Waals surface area contributed by atoms with Gasteiger partial charge in [-0.05, 0) is 42.5 Å². The zero-order valence-electron chi connectivity index (χ0n) is 15.4. The van der Waals surface area contributed by atoms with Gasteiger partial charge in [-0.25, -0.2) is 21.6 Å². The first kappa shape index (κ1) is 21.2. The van der Waals surface area contributed by atoms with E-state index in [2.05, 4.69) is 5.32 Å². The Labute approximate surface area is 170 Å². The molecule has 3 aromatic carbocycles. The predicted molar refractivity (Wildman–Crippen MR) is 105 cm³/mol. The highest BCUT2D eigenvalue weighted by molar-refractivity contribution is 7.92. The third-order valence-corrected chi connectivity index (χ3v) is 5.39. The van der Waals surface area contributed by atoms with Crippen molar-refractivity contribution < 1.29 is 31.1 Å². The quantitative estimate of drug-likeness (QED) is 0.608. The summed E-state index contributed by atoms with van der Waals surface area (Å²) in [5, 5.41) is 2.39. The van der Waals surface area contributed by atoms with Gasteiger partial charge in [-0.2, -0.15) is 0 Å². The lowest BCUT2D eigenvalue weighted by Gasteiger charge is -2.14. The number of rotatable bonds is 6. The van der Waals surface area contributed by atoms with Gasteiger partial charge in [0.05, 0.1) is 28.9 Å². The lowest BCUT2D eigenvalue weighted by atomic mass is 10.2. The summed E-state index contributed by atoms with van der Waals surface area (Å²) in [6, 6.07) is 11.1. The molecule has 0 spiro atoms. The van der Waals surface area contributed by atoms with Crippen molar-refractivity contribution in [2.45, 2.75) is 4.90 Å². The molecule has 156 valence electrons. The van der Waals surface area contributed by atoms with E-state index in [0.717, 1.165) is 24.3 Å². The zero-order chi connectivity index (χ0) is 21.9. The summed E-state index contributed by atoms with van der Waals surface area (Å²) in [5.74, 6) is -3.42. The van der Waals surface area contributed by atoms with Gasteiger partial charge in [-0.15, -0.1) is 0 Å². The molecule has 0 radical (unpaired) electrons. The third-order valence-electron chi connectivity index (χ3n) is 4.02. The third kappa shape index (κ3) is 4.54. The Kier molecular flexibility index (Phi) is 5.97. The minimum absolute atomic E-state index is 0.0480. The van der Waals surface area contributed by atoms with Crippen molar-refractivity contribution in [3.8, 4) is 5.75 Å². The number of sulfonamides is 1. The molecule has 2 N–H and O–H groups in total. The van der Waals surface area contributed by atoms with Gasteiger partial charge in [-0.1, -0.05) is 12.1 Å². The van der Waals surface area contributed by atoms with Crippen LogP contribution >= 0.6 is 0 Å². The second-order valence-corrected chi connectivity index (χ2v) is 7.71. The summed E-state index contributed by atoms with van der Waals surface area (Å²) in [6.45, 7) is 0. The Bertz CT molecular complexity index is 1220. The summed E-state index contributed by atoms with van der Waals surface area (Å²) in [4.78, 5) is 12.0. The summed E-state index contributed by atoms with van der Waals surface area (Å²) in [7, 11) is -3.00. The number of nitrogens with one attached hydrogen (secondary N) is 2. The van der Waals surface area contributed by atoms with Gasteiger partial charge < -0.3 is 10.1 Å². The molecular formula is C20H15F3N2O4S. The Balaban J connectivity index is 1.93. The van der Waals surface area contributed by atoms with Crippen molar-refractivity contribution in [1.82, 2.24) is 0 Å². The van der Waals surface area contributed by atoms with E-state index in [1.807, 2.05) is 4.72 Å². The van der Waals surface area contributed by atoms with E-state index in [9.17, 15) is 26.4 Å². The minimum atomic E-state index is -4.30. The van der Waals surface area contributed by atoms with Crippen LogP contribution in [0.5, 0.6) is 5.75 Å². The molecule has 0 saturated carbocycles. The molecule has 0 saturated heterocycles. The second kappa shape index (κ2) is 8.46. The monoisotopic (exact) mass is 436 g/mol. The van der Waals surface area contributed by atoms with Crippen molar-refractivity contribution in [1.29, 1.82) is 0 Å². The van der Waals surface area contributed by atoms with Crippen molar-refractivity contribution in [3.05, 3.63) is 83.7 Å². The Morgan fingerprint density at radius 1 is 0.900 bits per heavy atom. The first-order chi connectivity index (χ1) is 14.2. The molecule has 1 amide bonds. The molecule has 0 bridgehead atoms. The van der Waals surface area contributed by atoms with Gasteiger partial charge in [0, 0.05) is 6.07 Å². The number of halogens is 3. The van der Waals surface area contributed by atoms with Gasteiger partial charge in [0.2, 0.25) is 0 Å². The average Bonchev–Trinajstić information content (AvgIpc) is 2.70. The molecule has 0 fully saturated rings. The second-order valence-electron chi connectivity index (χ2n) is 6.03. The first-order valence-electron chi connectivity index (χ1n) is 8.43. The number of carbonyl (C=O) groups is 1. The van der Waals surface area contributed by atoms with Gasteiger partial charge in [0.1, 0.15) is 23.2 Å². The fourth-order valence-electron chi connectivity index (χ4n) is 2.56. The molecule has 10 heteroatoms. The standard InChI is InChI=1S/C20H15F3N2O4S/c1-29-19-9-7-13(30(27,28)25-17-8-6-12(21)10-16(17)23)11-18(19)24-20(26)14-4-2-3-5-15(14)22/h2-11,25H,1H3,(H,24,26). The highest BCUT2D eigenvalue weighted by atomic mass is 32.2. The number of hydrogen-bond acceptors (Lipinski definition) is 4. The number of carbonyl (C=O) groups excluding carboxylic acids is 1. The molecule has 0 aliphatic carbocycles. The summed E-state index contributed by atoms with van der Waals surface area (Å²) in [6.07, 6.45) is 0. The molecule has 0 aliphatic rings. The fraction of sp³-hybridized carbons (Fsp3) is 0.0500. The summed E-state index contributed by atoms with van der Waals surface area (Å²) in [5.41, 5.74) is -0.753. The first-order valence-corrected chi connectivity index (χ1v) is 9.91. The number of benzene rings is 3. The summed E-state index contributed by atoms with van der Waals surface area (Å²) < 4.78 is 73.0. The SMILES string of the molecule is COc1ccc(S(=O)(=O)Nc2ccc(F)cc2F)cc1NC(=O)c1ccccc1F. The number of hydrogen-bond donors (Lipinski definition) is 2. The molecule has 0 heterocycles. The number of anilines is 2. The molecule has 6 nitrogen and oxygen atoms in total. The van der Waals surface area contributed by atoms with Crippen molar-refractivity contribution in [2.24, 2.45) is 0 Å². The topological polar surface area (TPSA) is 84.5 Å². The van der Waals surface area contributed by atoms with E-state index in [1.54, 1.807) is 0 Å². The molecule has 0 aliphatic heterocycles. The van der Waals surface area contributed by atoms with E-state index < -0.39 is 39.1 Å². The van der Waals surface area contributed by atoms with Crippen LogP contribution in [0.25, 0.3) is 0 Å². The number of methoxy groups -OCH3 is 1. The van der Waals surface area contributed by atoms with Crippen LogP contribution in [0.15, 0.2) is 65.6 Å². The maximum Gasteiger partial charge on any atom is 0.262 e. The average molecular weight is 436 g/mol. The maximum atomic E-state index is 13.8. The van der Waals surface area contributed by atoms with E-state index in [-0.39, 0.29) is 21.9 Å². The largest absolute Gasteiger partial charge is 0.495 e. The number of amides is 1. The molecule has 0 unspecified atom stereocenters. The van der Waals surface area contributed by atoms with E-state index in [1.165, 1.54) is 37.4 Å². The van der Waals surface area contributed by atoms with Crippen LogP contribution in [0.4, 0.5) is 24.5 Å². The Hall–Kier alpha value is -3.53. The zero-order valence-corrected chi connectivity index (χ0v) is 16.3. The Morgan fingerprint density at radius 2 is 1.63 bits per heavy atom. The summed E-state index contributed by atoms with van der Waals surface area (Å²) >= 11 is 0. The van der Waals surface area contributed by atoms with Crippen LogP contribution in [0, 0.1) is 17.5 Å². The van der Waals surface area contributed by atoms with Crippen LogP contribution in [-0.4, -0.2) is 21.4 Å². The Morgan fingerprint density at radius 3 is 2.30 bits per heavy atom.